The largest absolute Gasteiger partial charge is 0.480 e. The molecule has 1 aliphatic carbocycles. The summed E-state index contributed by atoms with van der Waals surface area (Å²) in [4.78, 5) is 22.8. The van der Waals surface area contributed by atoms with Crippen LogP contribution in [0.25, 0.3) is 0 Å². The Labute approximate surface area is 102 Å². The van der Waals surface area contributed by atoms with Gasteiger partial charge in [0.15, 0.2) is 0 Å². The molecular formula is C12H22N2O3. The van der Waals surface area contributed by atoms with Crippen molar-refractivity contribution in [2.45, 2.75) is 57.4 Å². The number of carboxylic acids is 1. The molecule has 2 amide bonds. The number of urea groups is 1. The number of carbonyl (C=O) groups is 2. The summed E-state index contributed by atoms with van der Waals surface area (Å²) in [5.41, 5.74) is -1.03. The molecule has 0 aliphatic heterocycles. The summed E-state index contributed by atoms with van der Waals surface area (Å²) in [5.74, 6) is -0.918. The minimum absolute atomic E-state index is 0.356. The number of hydrogen-bond donors (Lipinski definition) is 3. The molecule has 0 aromatic heterocycles. The van der Waals surface area contributed by atoms with Gasteiger partial charge in [0.25, 0.3) is 0 Å². The zero-order valence-corrected chi connectivity index (χ0v) is 10.4. The van der Waals surface area contributed by atoms with Crippen molar-refractivity contribution in [1.82, 2.24) is 10.6 Å². The van der Waals surface area contributed by atoms with Crippen LogP contribution in [0, 0.1) is 0 Å². The van der Waals surface area contributed by atoms with Crippen LogP contribution in [0.15, 0.2) is 0 Å². The predicted molar refractivity (Wildman–Crippen MR) is 64.9 cm³/mol. The van der Waals surface area contributed by atoms with Crippen molar-refractivity contribution >= 4 is 12.0 Å². The van der Waals surface area contributed by atoms with E-state index in [1.807, 2.05) is 0 Å². The van der Waals surface area contributed by atoms with Gasteiger partial charge in [-0.2, -0.15) is 0 Å². The highest BCUT2D eigenvalue weighted by Crippen LogP contribution is 2.29. The highest BCUT2D eigenvalue weighted by atomic mass is 16.4. The van der Waals surface area contributed by atoms with Crippen LogP contribution in [0.4, 0.5) is 4.79 Å². The molecule has 0 aromatic rings. The molecule has 98 valence electrons. The van der Waals surface area contributed by atoms with Crippen molar-refractivity contribution in [1.29, 1.82) is 0 Å². The van der Waals surface area contributed by atoms with E-state index in [4.69, 9.17) is 0 Å². The van der Waals surface area contributed by atoms with E-state index in [2.05, 4.69) is 17.6 Å². The molecule has 0 bridgehead atoms. The first kappa shape index (κ1) is 13.8. The summed E-state index contributed by atoms with van der Waals surface area (Å²) >= 11 is 0. The molecule has 0 radical (unpaired) electrons. The lowest BCUT2D eigenvalue weighted by atomic mass is 9.98. The van der Waals surface area contributed by atoms with Crippen molar-refractivity contribution < 1.29 is 14.7 Å². The third-order valence-electron chi connectivity index (χ3n) is 3.29. The van der Waals surface area contributed by atoms with Crippen LogP contribution < -0.4 is 10.6 Å². The summed E-state index contributed by atoms with van der Waals surface area (Å²) in [5, 5.41) is 14.5. The van der Waals surface area contributed by atoms with E-state index < -0.39 is 11.5 Å². The lowest BCUT2D eigenvalue weighted by molar-refractivity contribution is -0.144. The Morgan fingerprint density at radius 3 is 2.41 bits per heavy atom. The zero-order chi connectivity index (χ0) is 12.7. The van der Waals surface area contributed by atoms with E-state index in [0.29, 0.717) is 19.4 Å². The molecule has 5 nitrogen and oxygen atoms in total. The van der Waals surface area contributed by atoms with Gasteiger partial charge in [0.05, 0.1) is 0 Å². The number of amides is 2. The lowest BCUT2D eigenvalue weighted by Gasteiger charge is -2.25. The Morgan fingerprint density at radius 1 is 1.24 bits per heavy atom. The molecule has 1 rings (SSSR count). The van der Waals surface area contributed by atoms with Gasteiger partial charge < -0.3 is 15.7 Å². The maximum atomic E-state index is 11.6. The number of carboxylic acid groups (broad SMARTS) is 1. The minimum atomic E-state index is -1.03. The standard InChI is InChI=1S/C12H22N2O3/c1-2-3-6-9-13-11(17)14-12(10(15)16)7-4-5-8-12/h2-9H2,1H3,(H,15,16)(H2,13,14,17). The Hall–Kier alpha value is -1.26. The second-order valence-corrected chi connectivity index (χ2v) is 4.68. The van der Waals surface area contributed by atoms with Gasteiger partial charge in [-0.05, 0) is 19.3 Å². The van der Waals surface area contributed by atoms with Gasteiger partial charge in [0.1, 0.15) is 5.54 Å². The fourth-order valence-corrected chi connectivity index (χ4v) is 2.21. The summed E-state index contributed by atoms with van der Waals surface area (Å²) in [7, 11) is 0. The fraction of sp³-hybridized carbons (Fsp3) is 0.833. The highest BCUT2D eigenvalue weighted by molar-refractivity contribution is 5.86. The summed E-state index contributed by atoms with van der Waals surface area (Å²) in [6.45, 7) is 2.70. The molecular weight excluding hydrogens is 220 g/mol. The van der Waals surface area contributed by atoms with E-state index in [0.717, 1.165) is 32.1 Å². The number of nitrogens with one attached hydrogen (secondary N) is 2. The van der Waals surface area contributed by atoms with Crippen LogP contribution in [-0.4, -0.2) is 29.2 Å². The molecule has 3 N–H and O–H groups in total. The Morgan fingerprint density at radius 2 is 1.88 bits per heavy atom. The van der Waals surface area contributed by atoms with Gasteiger partial charge in [0, 0.05) is 6.54 Å². The third kappa shape index (κ3) is 3.91. The first-order chi connectivity index (χ1) is 8.10. The Kier molecular flexibility index (Phi) is 5.25. The fourth-order valence-electron chi connectivity index (χ4n) is 2.21. The number of carbonyl (C=O) groups excluding carboxylic acids is 1. The van der Waals surface area contributed by atoms with Crippen LogP contribution in [0.1, 0.15) is 51.9 Å². The molecule has 1 aliphatic rings. The van der Waals surface area contributed by atoms with Crippen LogP contribution in [0.5, 0.6) is 0 Å². The average Bonchev–Trinajstić information content (AvgIpc) is 2.74. The molecule has 0 heterocycles. The van der Waals surface area contributed by atoms with Crippen LogP contribution in [-0.2, 0) is 4.79 Å². The molecule has 5 heteroatoms. The van der Waals surface area contributed by atoms with E-state index in [1.54, 1.807) is 0 Å². The molecule has 0 unspecified atom stereocenters. The normalized spacial score (nSPS) is 17.7. The lowest BCUT2D eigenvalue weighted by Crippen LogP contribution is -2.55. The van der Waals surface area contributed by atoms with E-state index in [1.165, 1.54) is 0 Å². The number of rotatable bonds is 6. The van der Waals surface area contributed by atoms with Crippen molar-refractivity contribution in [2.75, 3.05) is 6.54 Å². The number of unbranched alkanes of at least 4 members (excludes halogenated alkanes) is 2. The molecule has 0 saturated heterocycles. The van der Waals surface area contributed by atoms with Gasteiger partial charge in [-0.1, -0.05) is 32.6 Å². The maximum absolute atomic E-state index is 11.6. The van der Waals surface area contributed by atoms with Gasteiger partial charge in [-0.15, -0.1) is 0 Å². The van der Waals surface area contributed by atoms with Crippen LogP contribution >= 0.6 is 0 Å². The topological polar surface area (TPSA) is 78.4 Å². The summed E-state index contributed by atoms with van der Waals surface area (Å²) in [6.07, 6.45) is 5.90. The van der Waals surface area contributed by atoms with Crippen molar-refractivity contribution in [3.63, 3.8) is 0 Å². The maximum Gasteiger partial charge on any atom is 0.329 e. The average molecular weight is 242 g/mol. The zero-order valence-electron chi connectivity index (χ0n) is 10.4. The monoisotopic (exact) mass is 242 g/mol. The number of aliphatic carboxylic acids is 1. The Bertz CT molecular complexity index is 273. The molecule has 0 atom stereocenters. The summed E-state index contributed by atoms with van der Waals surface area (Å²) in [6, 6.07) is -0.356. The second kappa shape index (κ2) is 6.47. The smallest absolute Gasteiger partial charge is 0.329 e. The first-order valence-corrected chi connectivity index (χ1v) is 6.40. The molecule has 0 aromatic carbocycles. The Balaban J connectivity index is 2.35. The van der Waals surface area contributed by atoms with Crippen molar-refractivity contribution in [3.8, 4) is 0 Å². The van der Waals surface area contributed by atoms with Crippen molar-refractivity contribution in [2.24, 2.45) is 0 Å². The molecule has 1 saturated carbocycles. The van der Waals surface area contributed by atoms with Crippen molar-refractivity contribution in [3.05, 3.63) is 0 Å². The number of hydrogen-bond acceptors (Lipinski definition) is 2. The van der Waals surface area contributed by atoms with Gasteiger partial charge in [-0.3, -0.25) is 0 Å². The molecule has 1 fully saturated rings. The van der Waals surface area contributed by atoms with Gasteiger partial charge >= 0.3 is 12.0 Å². The van der Waals surface area contributed by atoms with Gasteiger partial charge in [-0.25, -0.2) is 9.59 Å². The van der Waals surface area contributed by atoms with E-state index >= 15 is 0 Å². The van der Waals surface area contributed by atoms with Crippen LogP contribution in [0.3, 0.4) is 0 Å². The van der Waals surface area contributed by atoms with E-state index in [9.17, 15) is 14.7 Å². The SMILES string of the molecule is CCCCCNC(=O)NC1(C(=O)O)CCCC1. The molecule has 0 spiro atoms. The highest BCUT2D eigenvalue weighted by Gasteiger charge is 2.42. The minimum Gasteiger partial charge on any atom is -0.480 e. The van der Waals surface area contributed by atoms with Crippen LogP contribution in [0.2, 0.25) is 0 Å². The molecule has 17 heavy (non-hydrogen) atoms. The quantitative estimate of drug-likeness (QED) is 0.622. The second-order valence-electron chi connectivity index (χ2n) is 4.68. The summed E-state index contributed by atoms with van der Waals surface area (Å²) < 4.78 is 0. The third-order valence-corrected chi connectivity index (χ3v) is 3.29. The first-order valence-electron chi connectivity index (χ1n) is 6.40. The van der Waals surface area contributed by atoms with E-state index in [-0.39, 0.29) is 6.03 Å². The predicted octanol–water partition coefficient (Wildman–Crippen LogP) is 1.87. The van der Waals surface area contributed by atoms with Gasteiger partial charge in [0.2, 0.25) is 0 Å².